The molecule has 1 rings (SSSR count). The van der Waals surface area contributed by atoms with Crippen molar-refractivity contribution in [3.8, 4) is 0 Å². The molecule has 0 radical (unpaired) electrons. The smallest absolute Gasteiger partial charge is 0.322 e. The number of nitrogens with zero attached hydrogens (tertiary/aromatic N) is 1. The standard InChI is InChI=1S/C11H22N2O5S/c1-7(2)10(11(14)15)12-19(16,17)13-5-8(3)18-9(4)6-13/h7-10,12H,5-6H2,1-4H3,(H,14,15)/t8?,9?,10-/m0/s1. The van der Waals surface area contributed by atoms with Gasteiger partial charge in [0.1, 0.15) is 6.04 Å². The Kier molecular flexibility index (Phi) is 5.31. The number of nitrogens with one attached hydrogen (secondary N) is 1. The average molecular weight is 294 g/mol. The van der Waals surface area contributed by atoms with Gasteiger partial charge in [0.25, 0.3) is 10.2 Å². The molecule has 1 saturated heterocycles. The van der Waals surface area contributed by atoms with E-state index in [4.69, 9.17) is 9.84 Å². The number of hydrogen-bond donors (Lipinski definition) is 2. The van der Waals surface area contributed by atoms with Gasteiger partial charge >= 0.3 is 5.97 Å². The molecule has 2 N–H and O–H groups in total. The lowest BCUT2D eigenvalue weighted by atomic mass is 10.1. The van der Waals surface area contributed by atoms with Gasteiger partial charge in [0.05, 0.1) is 12.2 Å². The van der Waals surface area contributed by atoms with Gasteiger partial charge in [-0.25, -0.2) is 0 Å². The summed E-state index contributed by atoms with van der Waals surface area (Å²) < 4.78 is 33.3. The fourth-order valence-electron chi connectivity index (χ4n) is 2.03. The number of carboxylic acids is 1. The zero-order chi connectivity index (χ0) is 14.8. The van der Waals surface area contributed by atoms with Crippen LogP contribution in [-0.4, -0.2) is 55.1 Å². The second-order valence-electron chi connectivity index (χ2n) is 5.26. The van der Waals surface area contributed by atoms with Crippen LogP contribution in [0, 0.1) is 5.92 Å². The van der Waals surface area contributed by atoms with E-state index in [2.05, 4.69) is 4.72 Å². The molecule has 0 aromatic rings. The number of morpholine rings is 1. The molecule has 8 heteroatoms. The normalized spacial score (nSPS) is 27.4. The summed E-state index contributed by atoms with van der Waals surface area (Å²) >= 11 is 0. The van der Waals surface area contributed by atoms with Crippen molar-refractivity contribution in [1.29, 1.82) is 0 Å². The van der Waals surface area contributed by atoms with E-state index in [1.807, 2.05) is 0 Å². The molecule has 0 aromatic carbocycles. The van der Waals surface area contributed by atoms with Gasteiger partial charge in [-0.05, 0) is 19.8 Å². The lowest BCUT2D eigenvalue weighted by Crippen LogP contribution is -2.55. The second-order valence-corrected chi connectivity index (χ2v) is 6.96. The van der Waals surface area contributed by atoms with Crippen molar-refractivity contribution in [3.05, 3.63) is 0 Å². The van der Waals surface area contributed by atoms with Crippen LogP contribution >= 0.6 is 0 Å². The van der Waals surface area contributed by atoms with Crippen LogP contribution in [0.5, 0.6) is 0 Å². The van der Waals surface area contributed by atoms with Crippen LogP contribution in [0.25, 0.3) is 0 Å². The van der Waals surface area contributed by atoms with Crippen LogP contribution in [0.1, 0.15) is 27.7 Å². The summed E-state index contributed by atoms with van der Waals surface area (Å²) in [6, 6.07) is -1.13. The number of carboxylic acid groups (broad SMARTS) is 1. The van der Waals surface area contributed by atoms with Crippen molar-refractivity contribution in [2.75, 3.05) is 13.1 Å². The van der Waals surface area contributed by atoms with Crippen molar-refractivity contribution in [2.24, 2.45) is 5.92 Å². The van der Waals surface area contributed by atoms with Gasteiger partial charge in [0, 0.05) is 13.1 Å². The third kappa shape index (κ3) is 4.41. The van der Waals surface area contributed by atoms with E-state index in [9.17, 15) is 13.2 Å². The van der Waals surface area contributed by atoms with Gasteiger partial charge in [0.15, 0.2) is 0 Å². The summed E-state index contributed by atoms with van der Waals surface area (Å²) in [6.07, 6.45) is -0.412. The number of aliphatic carboxylic acids is 1. The summed E-state index contributed by atoms with van der Waals surface area (Å²) in [4.78, 5) is 11.1. The number of carbonyl (C=O) groups is 1. The summed E-state index contributed by atoms with van der Waals surface area (Å²) in [5, 5.41) is 9.04. The Labute approximate surface area is 114 Å². The number of rotatable bonds is 5. The molecule has 1 aliphatic heterocycles. The largest absolute Gasteiger partial charge is 0.480 e. The molecule has 19 heavy (non-hydrogen) atoms. The zero-order valence-electron chi connectivity index (χ0n) is 11.7. The molecular formula is C11H22N2O5S. The third-order valence-electron chi connectivity index (χ3n) is 2.93. The highest BCUT2D eigenvalue weighted by Crippen LogP contribution is 2.15. The van der Waals surface area contributed by atoms with E-state index in [1.54, 1.807) is 27.7 Å². The van der Waals surface area contributed by atoms with E-state index in [0.717, 1.165) is 0 Å². The number of ether oxygens (including phenoxy) is 1. The highest BCUT2D eigenvalue weighted by Gasteiger charge is 2.35. The predicted molar refractivity (Wildman–Crippen MR) is 69.9 cm³/mol. The maximum Gasteiger partial charge on any atom is 0.322 e. The van der Waals surface area contributed by atoms with Gasteiger partial charge in [-0.2, -0.15) is 17.4 Å². The van der Waals surface area contributed by atoms with E-state index in [-0.39, 0.29) is 31.2 Å². The van der Waals surface area contributed by atoms with Crippen molar-refractivity contribution in [1.82, 2.24) is 9.03 Å². The minimum absolute atomic E-state index is 0.206. The molecule has 1 fully saturated rings. The first-order chi connectivity index (χ1) is 8.63. The van der Waals surface area contributed by atoms with E-state index >= 15 is 0 Å². The summed E-state index contributed by atoms with van der Waals surface area (Å²) in [5.74, 6) is -1.50. The molecule has 0 amide bonds. The topological polar surface area (TPSA) is 95.9 Å². The van der Waals surface area contributed by atoms with Crippen molar-refractivity contribution >= 4 is 16.2 Å². The Morgan fingerprint density at radius 1 is 1.32 bits per heavy atom. The van der Waals surface area contributed by atoms with Gasteiger partial charge < -0.3 is 9.84 Å². The molecule has 7 nitrogen and oxygen atoms in total. The Balaban J connectivity index is 2.82. The number of hydrogen-bond acceptors (Lipinski definition) is 4. The quantitative estimate of drug-likeness (QED) is 0.746. The first-order valence-electron chi connectivity index (χ1n) is 6.29. The van der Waals surface area contributed by atoms with Crippen LogP contribution in [0.2, 0.25) is 0 Å². The molecule has 0 spiro atoms. The second kappa shape index (κ2) is 6.17. The van der Waals surface area contributed by atoms with Crippen LogP contribution in [-0.2, 0) is 19.7 Å². The minimum Gasteiger partial charge on any atom is -0.480 e. The first kappa shape index (κ1) is 16.4. The third-order valence-corrected chi connectivity index (χ3v) is 4.46. The van der Waals surface area contributed by atoms with E-state index in [0.29, 0.717) is 0 Å². The van der Waals surface area contributed by atoms with Crippen molar-refractivity contribution in [2.45, 2.75) is 45.9 Å². The molecule has 2 unspecified atom stereocenters. The Morgan fingerprint density at radius 3 is 2.16 bits per heavy atom. The van der Waals surface area contributed by atoms with E-state index < -0.39 is 22.2 Å². The lowest BCUT2D eigenvalue weighted by Gasteiger charge is -2.35. The monoisotopic (exact) mass is 294 g/mol. The summed E-state index contributed by atoms with van der Waals surface area (Å²) in [5.41, 5.74) is 0. The van der Waals surface area contributed by atoms with Crippen LogP contribution < -0.4 is 4.72 Å². The molecule has 1 aliphatic rings. The molecule has 112 valence electrons. The van der Waals surface area contributed by atoms with Crippen LogP contribution in [0.4, 0.5) is 0 Å². The lowest BCUT2D eigenvalue weighted by molar-refractivity contribution is -0.140. The Hall–Kier alpha value is -0.700. The van der Waals surface area contributed by atoms with Crippen molar-refractivity contribution < 1.29 is 23.1 Å². The molecule has 0 aromatic heterocycles. The van der Waals surface area contributed by atoms with Crippen molar-refractivity contribution in [3.63, 3.8) is 0 Å². The Bertz CT molecular complexity index is 413. The molecule has 0 aliphatic carbocycles. The highest BCUT2D eigenvalue weighted by molar-refractivity contribution is 7.87. The fraction of sp³-hybridized carbons (Fsp3) is 0.909. The van der Waals surface area contributed by atoms with Gasteiger partial charge in [-0.1, -0.05) is 13.8 Å². The molecule has 3 atom stereocenters. The molecular weight excluding hydrogens is 272 g/mol. The summed E-state index contributed by atoms with van der Waals surface area (Å²) in [7, 11) is -3.82. The predicted octanol–water partition coefficient (Wildman–Crippen LogP) is 0.0392. The maximum absolute atomic E-state index is 12.2. The SMILES string of the molecule is CC1CN(S(=O)(=O)N[C@H](C(=O)O)C(C)C)CC(C)O1. The van der Waals surface area contributed by atoms with E-state index in [1.165, 1.54) is 4.31 Å². The fourth-order valence-corrected chi connectivity index (χ4v) is 3.69. The molecule has 0 saturated carbocycles. The minimum atomic E-state index is -3.82. The molecule has 0 bridgehead atoms. The summed E-state index contributed by atoms with van der Waals surface area (Å²) in [6.45, 7) is 7.34. The highest BCUT2D eigenvalue weighted by atomic mass is 32.2. The van der Waals surface area contributed by atoms with Gasteiger partial charge in [-0.15, -0.1) is 0 Å². The molecule has 1 heterocycles. The van der Waals surface area contributed by atoms with Crippen LogP contribution in [0.15, 0.2) is 0 Å². The van der Waals surface area contributed by atoms with Gasteiger partial charge in [0.2, 0.25) is 0 Å². The maximum atomic E-state index is 12.2. The van der Waals surface area contributed by atoms with Gasteiger partial charge in [-0.3, -0.25) is 4.79 Å². The zero-order valence-corrected chi connectivity index (χ0v) is 12.5. The first-order valence-corrected chi connectivity index (χ1v) is 7.73. The Morgan fingerprint density at radius 2 is 1.79 bits per heavy atom. The van der Waals surface area contributed by atoms with Crippen LogP contribution in [0.3, 0.4) is 0 Å². The average Bonchev–Trinajstić information content (AvgIpc) is 2.23.